The van der Waals surface area contributed by atoms with Crippen LogP contribution in [0.4, 0.5) is 14.5 Å². The molecule has 20 heavy (non-hydrogen) atoms. The normalized spacial score (nSPS) is 10.6. The van der Waals surface area contributed by atoms with Gasteiger partial charge in [0.1, 0.15) is 0 Å². The van der Waals surface area contributed by atoms with Crippen molar-refractivity contribution in [1.82, 2.24) is 4.98 Å². The van der Waals surface area contributed by atoms with Gasteiger partial charge in [0.25, 0.3) is 0 Å². The van der Waals surface area contributed by atoms with E-state index in [0.717, 1.165) is 0 Å². The minimum Gasteiger partial charge on any atom is -0.476 e. The molecule has 0 aliphatic rings. The molecule has 1 heterocycles. The number of aromatic carboxylic acids is 1. The van der Waals surface area contributed by atoms with Crippen LogP contribution in [0.25, 0.3) is 11.3 Å². The standard InChI is InChI=1S/C12H6ClF2IN2O2/c13-8-6(17)3-7(18-11(8)12(19)20)4-1-2-5(16)10(15)9(4)14/h1-3H,(H2,17,18)(H,19,20). The van der Waals surface area contributed by atoms with Gasteiger partial charge in [-0.1, -0.05) is 11.6 Å². The number of pyridine rings is 1. The summed E-state index contributed by atoms with van der Waals surface area (Å²) in [5.74, 6) is -3.56. The number of nitrogens with two attached hydrogens (primary N) is 1. The highest BCUT2D eigenvalue weighted by molar-refractivity contribution is 14.1. The summed E-state index contributed by atoms with van der Waals surface area (Å²) >= 11 is 7.35. The van der Waals surface area contributed by atoms with Crippen molar-refractivity contribution in [3.8, 4) is 11.3 Å². The highest BCUT2D eigenvalue weighted by Crippen LogP contribution is 2.31. The van der Waals surface area contributed by atoms with Crippen LogP contribution in [0.1, 0.15) is 10.5 Å². The van der Waals surface area contributed by atoms with Crippen LogP contribution in [0.5, 0.6) is 0 Å². The number of carbonyl (C=O) groups is 1. The number of hydrogen-bond acceptors (Lipinski definition) is 3. The zero-order valence-corrected chi connectivity index (χ0v) is 12.5. The summed E-state index contributed by atoms with van der Waals surface area (Å²) in [6.07, 6.45) is 0. The Kier molecular flexibility index (Phi) is 4.09. The quantitative estimate of drug-likeness (QED) is 0.586. The van der Waals surface area contributed by atoms with Gasteiger partial charge in [0.2, 0.25) is 0 Å². The van der Waals surface area contributed by atoms with E-state index in [1.54, 1.807) is 22.6 Å². The van der Waals surface area contributed by atoms with Gasteiger partial charge in [0.15, 0.2) is 17.3 Å². The SMILES string of the molecule is Nc1cc(-c2ccc(I)c(F)c2F)nc(C(=O)O)c1Cl. The molecule has 0 spiro atoms. The molecule has 0 atom stereocenters. The number of nitrogens with zero attached hydrogens (tertiary/aromatic N) is 1. The minimum absolute atomic E-state index is 0.0765. The van der Waals surface area contributed by atoms with E-state index in [2.05, 4.69) is 4.98 Å². The molecule has 2 rings (SSSR count). The molecule has 0 radical (unpaired) electrons. The second-order valence-corrected chi connectivity index (χ2v) is 5.33. The van der Waals surface area contributed by atoms with Crippen molar-refractivity contribution in [3.05, 3.63) is 44.1 Å². The highest BCUT2D eigenvalue weighted by Gasteiger charge is 2.19. The Morgan fingerprint density at radius 1 is 1.35 bits per heavy atom. The number of rotatable bonds is 2. The van der Waals surface area contributed by atoms with Crippen LogP contribution in [0, 0.1) is 15.2 Å². The summed E-state index contributed by atoms with van der Waals surface area (Å²) in [5.41, 5.74) is 4.69. The number of halogens is 4. The zero-order valence-electron chi connectivity index (χ0n) is 9.62. The Morgan fingerprint density at radius 3 is 2.60 bits per heavy atom. The van der Waals surface area contributed by atoms with E-state index in [1.165, 1.54) is 18.2 Å². The van der Waals surface area contributed by atoms with Crippen LogP contribution in [-0.4, -0.2) is 16.1 Å². The van der Waals surface area contributed by atoms with Crippen molar-refractivity contribution in [1.29, 1.82) is 0 Å². The first-order chi connectivity index (χ1) is 9.32. The van der Waals surface area contributed by atoms with Gasteiger partial charge in [-0.25, -0.2) is 18.6 Å². The van der Waals surface area contributed by atoms with Crippen LogP contribution >= 0.6 is 34.2 Å². The Balaban J connectivity index is 2.71. The van der Waals surface area contributed by atoms with Crippen molar-refractivity contribution in [2.24, 2.45) is 0 Å². The zero-order chi connectivity index (χ0) is 15.0. The number of carboxylic acids is 1. The molecule has 0 saturated heterocycles. The first-order valence-corrected chi connectivity index (χ1v) is 6.61. The van der Waals surface area contributed by atoms with Gasteiger partial charge in [-0.3, -0.25) is 0 Å². The third kappa shape index (κ3) is 2.55. The molecule has 0 bridgehead atoms. The fourth-order valence-electron chi connectivity index (χ4n) is 1.55. The van der Waals surface area contributed by atoms with Gasteiger partial charge in [0.05, 0.1) is 20.0 Å². The van der Waals surface area contributed by atoms with E-state index in [9.17, 15) is 13.6 Å². The molecule has 3 N–H and O–H groups in total. The van der Waals surface area contributed by atoms with E-state index in [-0.39, 0.29) is 25.5 Å². The molecule has 1 aromatic heterocycles. The van der Waals surface area contributed by atoms with Crippen molar-refractivity contribution in [2.75, 3.05) is 5.73 Å². The summed E-state index contributed by atoms with van der Waals surface area (Å²) in [4.78, 5) is 14.7. The molecule has 4 nitrogen and oxygen atoms in total. The summed E-state index contributed by atoms with van der Waals surface area (Å²) in [7, 11) is 0. The monoisotopic (exact) mass is 410 g/mol. The average molecular weight is 411 g/mol. The molecule has 0 saturated carbocycles. The molecule has 8 heteroatoms. The number of anilines is 1. The molecule has 2 aromatic rings. The van der Waals surface area contributed by atoms with Crippen LogP contribution < -0.4 is 5.73 Å². The fraction of sp³-hybridized carbons (Fsp3) is 0. The number of carboxylic acid groups (broad SMARTS) is 1. The van der Waals surface area contributed by atoms with E-state index < -0.39 is 23.3 Å². The molecular formula is C12H6ClF2IN2O2. The Morgan fingerprint density at radius 2 is 2.00 bits per heavy atom. The van der Waals surface area contributed by atoms with Crippen LogP contribution in [0.3, 0.4) is 0 Å². The van der Waals surface area contributed by atoms with Gasteiger partial charge in [-0.2, -0.15) is 0 Å². The molecular weight excluding hydrogens is 404 g/mol. The van der Waals surface area contributed by atoms with E-state index >= 15 is 0 Å². The molecule has 0 aliphatic carbocycles. The van der Waals surface area contributed by atoms with E-state index in [0.29, 0.717) is 0 Å². The molecule has 104 valence electrons. The van der Waals surface area contributed by atoms with Gasteiger partial charge in [-0.05, 0) is 40.8 Å². The van der Waals surface area contributed by atoms with Crippen molar-refractivity contribution in [2.45, 2.75) is 0 Å². The van der Waals surface area contributed by atoms with E-state index in [1.807, 2.05) is 0 Å². The third-order valence-corrected chi connectivity index (χ3v) is 3.73. The van der Waals surface area contributed by atoms with Gasteiger partial charge in [0, 0.05) is 5.56 Å². The van der Waals surface area contributed by atoms with Crippen molar-refractivity contribution < 1.29 is 18.7 Å². The lowest BCUT2D eigenvalue weighted by atomic mass is 10.1. The Bertz CT molecular complexity index is 725. The lowest BCUT2D eigenvalue weighted by Gasteiger charge is -2.09. The summed E-state index contributed by atoms with van der Waals surface area (Å²) in [6, 6.07) is 3.84. The molecule has 0 unspecified atom stereocenters. The van der Waals surface area contributed by atoms with Crippen molar-refractivity contribution >= 4 is 45.8 Å². The smallest absolute Gasteiger partial charge is 0.356 e. The number of benzene rings is 1. The topological polar surface area (TPSA) is 76.2 Å². The molecule has 1 aromatic carbocycles. The Labute approximate surface area is 130 Å². The van der Waals surface area contributed by atoms with Crippen molar-refractivity contribution in [3.63, 3.8) is 0 Å². The maximum absolute atomic E-state index is 13.9. The summed E-state index contributed by atoms with van der Waals surface area (Å²) in [5, 5.41) is 8.72. The summed E-state index contributed by atoms with van der Waals surface area (Å²) in [6.45, 7) is 0. The molecule has 0 amide bonds. The highest BCUT2D eigenvalue weighted by atomic mass is 127. The first kappa shape index (κ1) is 14.9. The number of hydrogen-bond donors (Lipinski definition) is 2. The lowest BCUT2D eigenvalue weighted by molar-refractivity contribution is 0.0691. The predicted octanol–water partition coefficient (Wildman–Crippen LogP) is 3.57. The summed E-state index contributed by atoms with van der Waals surface area (Å²) < 4.78 is 27.5. The Hall–Kier alpha value is -1.48. The van der Waals surface area contributed by atoms with Gasteiger partial charge >= 0.3 is 5.97 Å². The van der Waals surface area contributed by atoms with E-state index in [4.69, 9.17) is 22.4 Å². The maximum Gasteiger partial charge on any atom is 0.356 e. The largest absolute Gasteiger partial charge is 0.476 e. The van der Waals surface area contributed by atoms with Crippen LogP contribution in [0.2, 0.25) is 5.02 Å². The maximum atomic E-state index is 13.9. The van der Waals surface area contributed by atoms with Crippen LogP contribution in [0.15, 0.2) is 18.2 Å². The first-order valence-electron chi connectivity index (χ1n) is 5.16. The fourth-order valence-corrected chi connectivity index (χ4v) is 2.15. The van der Waals surface area contributed by atoms with Gasteiger partial charge in [-0.15, -0.1) is 0 Å². The molecule has 0 aliphatic heterocycles. The minimum atomic E-state index is -1.41. The second-order valence-electron chi connectivity index (χ2n) is 3.79. The third-order valence-electron chi connectivity index (χ3n) is 2.50. The molecule has 0 fully saturated rings. The average Bonchev–Trinajstić information content (AvgIpc) is 2.39. The second kappa shape index (κ2) is 5.49. The predicted molar refractivity (Wildman–Crippen MR) is 78.7 cm³/mol. The lowest BCUT2D eigenvalue weighted by Crippen LogP contribution is -2.06. The van der Waals surface area contributed by atoms with Crippen LogP contribution in [-0.2, 0) is 0 Å². The number of aromatic nitrogens is 1. The van der Waals surface area contributed by atoms with Gasteiger partial charge < -0.3 is 10.8 Å². The number of nitrogen functional groups attached to an aromatic ring is 1.